The third-order valence-corrected chi connectivity index (χ3v) is 4.37. The van der Waals surface area contributed by atoms with Crippen molar-refractivity contribution in [1.82, 2.24) is 4.98 Å². The van der Waals surface area contributed by atoms with Crippen LogP contribution < -0.4 is 0 Å². The van der Waals surface area contributed by atoms with Crippen LogP contribution in [0.5, 0.6) is 0 Å². The number of aldehydes is 1. The van der Waals surface area contributed by atoms with Gasteiger partial charge in [0.25, 0.3) is 0 Å². The summed E-state index contributed by atoms with van der Waals surface area (Å²) in [6.45, 7) is 0. The first-order valence-electron chi connectivity index (χ1n) is 8.03. The van der Waals surface area contributed by atoms with Gasteiger partial charge in [0.15, 0.2) is 12.0 Å². The Morgan fingerprint density at radius 2 is 1.92 bits per heavy atom. The Balaban J connectivity index is 1.82. The Labute approximate surface area is 145 Å². The highest BCUT2D eigenvalue weighted by molar-refractivity contribution is 6.04. The fourth-order valence-corrected chi connectivity index (χ4v) is 3.24. The number of carbonyl (C=O) groups is 1. The Kier molecular flexibility index (Phi) is 3.90. The molecule has 0 unspecified atom stereocenters. The fraction of sp³-hybridized carbons (Fsp3) is 0.150. The first kappa shape index (κ1) is 15.3. The molecule has 5 nitrogen and oxygen atoms in total. The SMILES string of the molecule is CO/N=C1/CCc2cc(-c3oc(C=O)cc3-c3ccncc3)ccc21. The Hall–Kier alpha value is -3.21. The van der Waals surface area contributed by atoms with Crippen molar-refractivity contribution in [2.45, 2.75) is 12.8 Å². The molecule has 0 N–H and O–H groups in total. The van der Waals surface area contributed by atoms with Gasteiger partial charge in [-0.2, -0.15) is 0 Å². The van der Waals surface area contributed by atoms with Crippen LogP contribution in [0.3, 0.4) is 0 Å². The number of nitrogens with zero attached hydrogens (tertiary/aromatic N) is 2. The van der Waals surface area contributed by atoms with Crippen molar-refractivity contribution >= 4 is 12.0 Å². The van der Waals surface area contributed by atoms with E-state index in [-0.39, 0.29) is 0 Å². The molecule has 0 fully saturated rings. The van der Waals surface area contributed by atoms with Gasteiger partial charge in [0, 0.05) is 29.1 Å². The zero-order valence-corrected chi connectivity index (χ0v) is 13.7. The molecule has 1 aliphatic carbocycles. The summed E-state index contributed by atoms with van der Waals surface area (Å²) < 4.78 is 5.80. The Morgan fingerprint density at radius 3 is 2.68 bits per heavy atom. The highest BCUT2D eigenvalue weighted by Crippen LogP contribution is 2.36. The van der Waals surface area contributed by atoms with E-state index in [1.807, 2.05) is 24.3 Å². The van der Waals surface area contributed by atoms with E-state index in [1.165, 1.54) is 5.56 Å². The van der Waals surface area contributed by atoms with E-state index >= 15 is 0 Å². The molecule has 0 saturated heterocycles. The van der Waals surface area contributed by atoms with E-state index in [9.17, 15) is 4.79 Å². The van der Waals surface area contributed by atoms with Crippen molar-refractivity contribution < 1.29 is 14.0 Å². The molecule has 5 heteroatoms. The second kappa shape index (κ2) is 6.36. The van der Waals surface area contributed by atoms with Crippen LogP contribution in [0.15, 0.2) is 58.4 Å². The van der Waals surface area contributed by atoms with E-state index in [4.69, 9.17) is 9.25 Å². The lowest BCUT2D eigenvalue weighted by atomic mass is 9.99. The number of benzene rings is 1. The first-order valence-corrected chi connectivity index (χ1v) is 8.03. The molecule has 0 radical (unpaired) electrons. The molecule has 0 bridgehead atoms. The highest BCUT2D eigenvalue weighted by Gasteiger charge is 2.21. The molecule has 0 atom stereocenters. The number of hydrogen-bond acceptors (Lipinski definition) is 5. The lowest BCUT2D eigenvalue weighted by Crippen LogP contribution is -1.95. The zero-order chi connectivity index (χ0) is 17.2. The molecule has 2 heterocycles. The summed E-state index contributed by atoms with van der Waals surface area (Å²) in [7, 11) is 1.56. The van der Waals surface area contributed by atoms with Crippen molar-refractivity contribution in [2.75, 3.05) is 7.11 Å². The zero-order valence-electron chi connectivity index (χ0n) is 13.7. The molecule has 124 valence electrons. The summed E-state index contributed by atoms with van der Waals surface area (Å²) >= 11 is 0. The van der Waals surface area contributed by atoms with Crippen LogP contribution in [-0.4, -0.2) is 24.1 Å². The Morgan fingerprint density at radius 1 is 1.08 bits per heavy atom. The molecule has 2 aromatic heterocycles. The maximum atomic E-state index is 11.2. The fourth-order valence-electron chi connectivity index (χ4n) is 3.24. The van der Waals surface area contributed by atoms with Gasteiger partial charge in [-0.1, -0.05) is 17.3 Å². The summed E-state index contributed by atoms with van der Waals surface area (Å²) in [6, 6.07) is 11.7. The van der Waals surface area contributed by atoms with Crippen LogP contribution in [0.1, 0.15) is 28.1 Å². The molecule has 0 aliphatic heterocycles. The predicted octanol–water partition coefficient (Wildman–Crippen LogP) is 4.12. The number of fused-ring (bicyclic) bond motifs is 1. The van der Waals surface area contributed by atoms with Gasteiger partial charge in [-0.25, -0.2) is 0 Å². The molecule has 0 spiro atoms. The van der Waals surface area contributed by atoms with Gasteiger partial charge in [0.2, 0.25) is 0 Å². The molecule has 1 aromatic carbocycles. The first-order chi connectivity index (χ1) is 12.3. The highest BCUT2D eigenvalue weighted by atomic mass is 16.6. The normalized spacial score (nSPS) is 14.5. The van der Waals surface area contributed by atoms with Crippen LogP contribution in [0.4, 0.5) is 0 Å². The molecular weight excluding hydrogens is 316 g/mol. The van der Waals surface area contributed by atoms with Gasteiger partial charge in [-0.15, -0.1) is 0 Å². The average Bonchev–Trinajstić information content (AvgIpc) is 3.27. The third-order valence-electron chi connectivity index (χ3n) is 4.37. The number of hydrogen-bond donors (Lipinski definition) is 0. The van der Waals surface area contributed by atoms with E-state index in [0.29, 0.717) is 11.5 Å². The second-order valence-corrected chi connectivity index (χ2v) is 5.84. The van der Waals surface area contributed by atoms with Gasteiger partial charge in [-0.3, -0.25) is 9.78 Å². The number of rotatable bonds is 4. The number of aryl methyl sites for hydroxylation is 1. The summed E-state index contributed by atoms with van der Waals surface area (Å²) in [5.74, 6) is 0.997. The van der Waals surface area contributed by atoms with Crippen LogP contribution in [0.25, 0.3) is 22.5 Å². The van der Waals surface area contributed by atoms with E-state index in [2.05, 4.69) is 16.2 Å². The summed E-state index contributed by atoms with van der Waals surface area (Å²) in [4.78, 5) is 20.2. The molecule has 25 heavy (non-hydrogen) atoms. The van der Waals surface area contributed by atoms with Crippen LogP contribution >= 0.6 is 0 Å². The molecule has 0 saturated carbocycles. The summed E-state index contributed by atoms with van der Waals surface area (Å²) in [5, 5.41) is 4.09. The molecule has 4 rings (SSSR count). The standard InChI is InChI=1S/C20H16N2O3/c1-24-22-19-5-3-14-10-15(2-4-17(14)19)20-18(11-16(12-23)25-20)13-6-8-21-9-7-13/h2,4,6-12H,3,5H2,1H3/b22-19-. The summed E-state index contributed by atoms with van der Waals surface area (Å²) in [6.07, 6.45) is 5.95. The van der Waals surface area contributed by atoms with Gasteiger partial charge >= 0.3 is 0 Å². The minimum absolute atomic E-state index is 0.309. The van der Waals surface area contributed by atoms with Crippen molar-refractivity contribution in [3.8, 4) is 22.5 Å². The van der Waals surface area contributed by atoms with Gasteiger partial charge < -0.3 is 9.25 Å². The third kappa shape index (κ3) is 2.74. The number of furan rings is 1. The number of carbonyl (C=O) groups excluding carboxylic acids is 1. The van der Waals surface area contributed by atoms with Crippen molar-refractivity contribution in [1.29, 1.82) is 0 Å². The summed E-state index contributed by atoms with van der Waals surface area (Å²) in [5.41, 5.74) is 6.07. The van der Waals surface area contributed by atoms with Crippen molar-refractivity contribution in [3.63, 3.8) is 0 Å². The largest absolute Gasteiger partial charge is 0.453 e. The maximum Gasteiger partial charge on any atom is 0.185 e. The smallest absolute Gasteiger partial charge is 0.185 e. The minimum atomic E-state index is 0.309. The van der Waals surface area contributed by atoms with Gasteiger partial charge in [0.05, 0.1) is 5.71 Å². The van der Waals surface area contributed by atoms with E-state index < -0.39 is 0 Å². The number of oxime groups is 1. The van der Waals surface area contributed by atoms with Crippen molar-refractivity contribution in [3.05, 3.63) is 65.7 Å². The van der Waals surface area contributed by atoms with Crippen LogP contribution in [0, 0.1) is 0 Å². The quantitative estimate of drug-likeness (QED) is 0.532. The van der Waals surface area contributed by atoms with Crippen LogP contribution in [0.2, 0.25) is 0 Å². The van der Waals surface area contributed by atoms with Gasteiger partial charge in [-0.05, 0) is 48.2 Å². The second-order valence-electron chi connectivity index (χ2n) is 5.84. The number of aromatic nitrogens is 1. The molecular formula is C20H16N2O3. The van der Waals surface area contributed by atoms with Crippen molar-refractivity contribution in [2.24, 2.45) is 5.16 Å². The lowest BCUT2D eigenvalue weighted by Gasteiger charge is -2.06. The van der Waals surface area contributed by atoms with Crippen LogP contribution in [-0.2, 0) is 11.3 Å². The van der Waals surface area contributed by atoms with Gasteiger partial charge in [0.1, 0.15) is 12.9 Å². The molecule has 1 aliphatic rings. The molecule has 0 amide bonds. The molecule has 3 aromatic rings. The predicted molar refractivity (Wildman–Crippen MR) is 94.6 cm³/mol. The maximum absolute atomic E-state index is 11.2. The monoisotopic (exact) mass is 332 g/mol. The van der Waals surface area contributed by atoms with E-state index in [0.717, 1.165) is 47.1 Å². The minimum Gasteiger partial charge on any atom is -0.453 e. The Bertz CT molecular complexity index is 958. The average molecular weight is 332 g/mol. The topological polar surface area (TPSA) is 64.7 Å². The lowest BCUT2D eigenvalue weighted by molar-refractivity contribution is 0.110. The van der Waals surface area contributed by atoms with E-state index in [1.54, 1.807) is 25.6 Å². The number of pyridine rings is 1.